The average molecular weight is 280 g/mol. The molecule has 20 heavy (non-hydrogen) atoms. The molecular weight excluding hydrogens is 252 g/mol. The summed E-state index contributed by atoms with van der Waals surface area (Å²) in [6.45, 7) is 14.2. The van der Waals surface area contributed by atoms with Gasteiger partial charge < -0.3 is 5.32 Å². The van der Waals surface area contributed by atoms with Crippen LogP contribution in [0.3, 0.4) is 0 Å². The number of nitrogens with one attached hydrogen (secondary N) is 1. The highest BCUT2D eigenvalue weighted by Gasteiger charge is 2.40. The quantitative estimate of drug-likeness (QED) is 0.901. The molecule has 0 amide bonds. The van der Waals surface area contributed by atoms with Gasteiger partial charge in [-0.3, -0.25) is 4.90 Å². The summed E-state index contributed by atoms with van der Waals surface area (Å²) in [7, 11) is 1.81. The van der Waals surface area contributed by atoms with Crippen LogP contribution in [0.4, 0.5) is 0 Å². The van der Waals surface area contributed by atoms with E-state index in [-0.39, 0.29) is 11.0 Å². The lowest BCUT2D eigenvalue weighted by atomic mass is 9.81. The molecule has 1 N–H and O–H groups in total. The van der Waals surface area contributed by atoms with Crippen molar-refractivity contribution in [3.63, 3.8) is 0 Å². The van der Waals surface area contributed by atoms with E-state index in [1.165, 1.54) is 4.80 Å². The molecule has 1 aromatic rings. The molecule has 6 heteroatoms. The number of tetrazole rings is 1. The van der Waals surface area contributed by atoms with Gasteiger partial charge in [0.1, 0.15) is 0 Å². The number of hydrogen-bond acceptors (Lipinski definition) is 5. The predicted molar refractivity (Wildman–Crippen MR) is 79.1 cm³/mol. The fourth-order valence-electron chi connectivity index (χ4n) is 2.91. The van der Waals surface area contributed by atoms with Gasteiger partial charge in [-0.05, 0) is 24.0 Å². The Bertz CT molecular complexity index is 449. The van der Waals surface area contributed by atoms with Crippen molar-refractivity contribution < 1.29 is 0 Å². The Morgan fingerprint density at radius 2 is 2.10 bits per heavy atom. The minimum atomic E-state index is 0.171. The van der Waals surface area contributed by atoms with Gasteiger partial charge >= 0.3 is 0 Å². The van der Waals surface area contributed by atoms with Crippen LogP contribution in [0.15, 0.2) is 0 Å². The van der Waals surface area contributed by atoms with Gasteiger partial charge in [-0.15, -0.1) is 10.2 Å². The van der Waals surface area contributed by atoms with Gasteiger partial charge in [0.05, 0.1) is 13.6 Å². The maximum atomic E-state index is 4.33. The molecule has 1 aromatic heterocycles. The zero-order chi connectivity index (χ0) is 15.0. The van der Waals surface area contributed by atoms with Gasteiger partial charge in [0.2, 0.25) is 0 Å². The van der Waals surface area contributed by atoms with E-state index in [1.807, 2.05) is 7.05 Å². The molecule has 0 saturated carbocycles. The molecule has 1 fully saturated rings. The summed E-state index contributed by atoms with van der Waals surface area (Å²) in [5.74, 6) is 0.808. The molecule has 1 saturated heterocycles. The van der Waals surface area contributed by atoms with Crippen molar-refractivity contribution in [2.75, 3.05) is 13.1 Å². The first-order valence-electron chi connectivity index (χ1n) is 7.45. The molecule has 2 unspecified atom stereocenters. The molecule has 2 atom stereocenters. The third kappa shape index (κ3) is 3.35. The van der Waals surface area contributed by atoms with Gasteiger partial charge in [0, 0.05) is 24.7 Å². The topological polar surface area (TPSA) is 58.9 Å². The SMILES string of the molecule is CCC1(C)CN(Cc2nnn(C)n2)C(C(C)(C)C)CN1. The van der Waals surface area contributed by atoms with Gasteiger partial charge in [-0.2, -0.15) is 4.80 Å². The Hall–Kier alpha value is -1.01. The third-order valence-electron chi connectivity index (χ3n) is 4.39. The molecular formula is C14H28N6. The number of nitrogens with zero attached hydrogens (tertiary/aromatic N) is 5. The second-order valence-electron chi connectivity index (χ2n) is 7.28. The van der Waals surface area contributed by atoms with E-state index in [4.69, 9.17) is 0 Å². The molecule has 2 rings (SSSR count). The zero-order valence-electron chi connectivity index (χ0n) is 13.6. The van der Waals surface area contributed by atoms with Crippen molar-refractivity contribution in [3.8, 4) is 0 Å². The van der Waals surface area contributed by atoms with Crippen LogP contribution in [0.1, 0.15) is 46.9 Å². The summed E-state index contributed by atoms with van der Waals surface area (Å²) in [5.41, 5.74) is 0.397. The Kier molecular flexibility index (Phi) is 4.16. The lowest BCUT2D eigenvalue weighted by Gasteiger charge is -2.50. The average Bonchev–Trinajstić information content (AvgIpc) is 2.73. The van der Waals surface area contributed by atoms with Gasteiger partial charge in [0.15, 0.2) is 5.82 Å². The molecule has 6 nitrogen and oxygen atoms in total. The molecule has 0 bridgehead atoms. The summed E-state index contributed by atoms with van der Waals surface area (Å²) in [6, 6.07) is 0.478. The predicted octanol–water partition coefficient (Wildman–Crippen LogP) is 1.20. The van der Waals surface area contributed by atoms with Crippen LogP contribution < -0.4 is 5.32 Å². The zero-order valence-corrected chi connectivity index (χ0v) is 13.6. The molecule has 0 aliphatic carbocycles. The third-order valence-corrected chi connectivity index (χ3v) is 4.39. The van der Waals surface area contributed by atoms with Crippen molar-refractivity contribution >= 4 is 0 Å². The van der Waals surface area contributed by atoms with E-state index in [1.54, 1.807) is 0 Å². The highest BCUT2D eigenvalue weighted by atomic mass is 15.6. The number of rotatable bonds is 3. The van der Waals surface area contributed by atoms with Crippen LogP contribution in [0.5, 0.6) is 0 Å². The van der Waals surface area contributed by atoms with Crippen molar-refractivity contribution in [2.24, 2.45) is 12.5 Å². The normalized spacial score (nSPS) is 28.8. The van der Waals surface area contributed by atoms with E-state index in [9.17, 15) is 0 Å². The Morgan fingerprint density at radius 1 is 1.40 bits per heavy atom. The maximum Gasteiger partial charge on any atom is 0.188 e. The first-order chi connectivity index (χ1) is 9.23. The van der Waals surface area contributed by atoms with Gasteiger partial charge in [-0.25, -0.2) is 0 Å². The standard InChI is InChI=1S/C14H28N6/c1-7-14(5)10-20(9-12-16-18-19(6)17-12)11(8-15-14)13(2,3)4/h11,15H,7-10H2,1-6H3. The molecule has 114 valence electrons. The summed E-state index contributed by atoms with van der Waals surface area (Å²) < 4.78 is 0. The smallest absolute Gasteiger partial charge is 0.188 e. The van der Waals surface area contributed by atoms with Crippen LogP contribution in [0, 0.1) is 5.41 Å². The molecule has 1 aliphatic heterocycles. The monoisotopic (exact) mass is 280 g/mol. The van der Waals surface area contributed by atoms with Crippen molar-refractivity contribution in [1.82, 2.24) is 30.4 Å². The fraction of sp³-hybridized carbons (Fsp3) is 0.929. The van der Waals surface area contributed by atoms with E-state index < -0.39 is 0 Å². The lowest BCUT2D eigenvalue weighted by molar-refractivity contribution is 0.0187. The summed E-state index contributed by atoms with van der Waals surface area (Å²) in [6.07, 6.45) is 1.12. The van der Waals surface area contributed by atoms with Crippen LogP contribution in [0.2, 0.25) is 0 Å². The van der Waals surface area contributed by atoms with Crippen LogP contribution in [0.25, 0.3) is 0 Å². The molecule has 1 aliphatic rings. The van der Waals surface area contributed by atoms with E-state index in [0.29, 0.717) is 6.04 Å². The number of aromatic nitrogens is 4. The van der Waals surface area contributed by atoms with Gasteiger partial charge in [0.25, 0.3) is 0 Å². The number of piperazine rings is 1. The highest BCUT2D eigenvalue weighted by Crippen LogP contribution is 2.30. The molecule has 0 spiro atoms. The summed E-state index contributed by atoms with van der Waals surface area (Å²) >= 11 is 0. The summed E-state index contributed by atoms with van der Waals surface area (Å²) in [4.78, 5) is 4.04. The largest absolute Gasteiger partial charge is 0.309 e. The fourth-order valence-corrected chi connectivity index (χ4v) is 2.91. The first-order valence-corrected chi connectivity index (χ1v) is 7.45. The number of aryl methyl sites for hydroxylation is 1. The molecule has 2 heterocycles. The van der Waals surface area contributed by atoms with Crippen LogP contribution in [-0.4, -0.2) is 49.8 Å². The first kappa shape index (κ1) is 15.4. The second kappa shape index (κ2) is 5.41. The maximum absolute atomic E-state index is 4.33. The van der Waals surface area contributed by atoms with Crippen molar-refractivity contribution in [1.29, 1.82) is 0 Å². The Labute approximate surface area is 121 Å². The Morgan fingerprint density at radius 3 is 2.60 bits per heavy atom. The van der Waals surface area contributed by atoms with Crippen LogP contribution in [-0.2, 0) is 13.6 Å². The van der Waals surface area contributed by atoms with E-state index in [0.717, 1.165) is 31.9 Å². The lowest BCUT2D eigenvalue weighted by Crippen LogP contribution is -2.65. The van der Waals surface area contributed by atoms with Crippen molar-refractivity contribution in [3.05, 3.63) is 5.82 Å². The van der Waals surface area contributed by atoms with E-state index >= 15 is 0 Å². The molecule has 0 aromatic carbocycles. The molecule has 0 radical (unpaired) electrons. The number of hydrogen-bond donors (Lipinski definition) is 1. The van der Waals surface area contributed by atoms with E-state index in [2.05, 4.69) is 60.2 Å². The minimum absolute atomic E-state index is 0.171. The summed E-state index contributed by atoms with van der Waals surface area (Å²) in [5, 5.41) is 16.1. The van der Waals surface area contributed by atoms with Crippen molar-refractivity contribution in [2.45, 2.75) is 59.2 Å². The van der Waals surface area contributed by atoms with Gasteiger partial charge in [-0.1, -0.05) is 27.7 Å². The van der Waals surface area contributed by atoms with Crippen LogP contribution >= 0.6 is 0 Å². The minimum Gasteiger partial charge on any atom is -0.309 e. The highest BCUT2D eigenvalue weighted by molar-refractivity contribution is 4.99. The Balaban J connectivity index is 2.17. The second-order valence-corrected chi connectivity index (χ2v) is 7.28.